The van der Waals surface area contributed by atoms with E-state index in [0.29, 0.717) is 0 Å². The van der Waals surface area contributed by atoms with Crippen LogP contribution < -0.4 is 10.6 Å². The lowest BCUT2D eigenvalue weighted by Crippen LogP contribution is -2.42. The first-order valence-corrected chi connectivity index (χ1v) is 5.91. The minimum absolute atomic E-state index is 0.0253. The standard InChI is InChI=1S/C13H18N2O/c16-13-12(8-4-5-9-14-13)15-10-11-6-2-1-3-7-11/h1-3,6-7,12,15H,4-5,8-10H2,(H,14,16)/t12-/m1/s1. The molecule has 1 aromatic rings. The van der Waals surface area contributed by atoms with E-state index < -0.39 is 0 Å². The van der Waals surface area contributed by atoms with Crippen LogP contribution in [0.15, 0.2) is 30.3 Å². The van der Waals surface area contributed by atoms with Crippen LogP contribution in [0.2, 0.25) is 0 Å². The normalized spacial score (nSPS) is 21.2. The van der Waals surface area contributed by atoms with Gasteiger partial charge in [-0.3, -0.25) is 4.79 Å². The second-order valence-corrected chi connectivity index (χ2v) is 4.21. The molecule has 1 saturated heterocycles. The number of hydrogen-bond acceptors (Lipinski definition) is 2. The predicted octanol–water partition coefficient (Wildman–Crippen LogP) is 1.44. The van der Waals surface area contributed by atoms with Crippen LogP contribution in [0.3, 0.4) is 0 Å². The molecule has 0 bridgehead atoms. The zero-order valence-corrected chi connectivity index (χ0v) is 9.41. The van der Waals surface area contributed by atoms with Gasteiger partial charge < -0.3 is 10.6 Å². The third-order valence-corrected chi connectivity index (χ3v) is 2.93. The van der Waals surface area contributed by atoms with Gasteiger partial charge in [0.05, 0.1) is 6.04 Å². The summed E-state index contributed by atoms with van der Waals surface area (Å²) in [5, 5.41) is 6.25. The number of hydrogen-bond donors (Lipinski definition) is 2. The summed E-state index contributed by atoms with van der Waals surface area (Å²) in [6.45, 7) is 1.58. The van der Waals surface area contributed by atoms with Gasteiger partial charge in [0.1, 0.15) is 0 Å². The summed E-state index contributed by atoms with van der Waals surface area (Å²) in [5.74, 6) is 0.147. The fourth-order valence-corrected chi connectivity index (χ4v) is 1.97. The Hall–Kier alpha value is -1.35. The van der Waals surface area contributed by atoms with Gasteiger partial charge in [-0.05, 0) is 24.8 Å². The number of nitrogens with one attached hydrogen (secondary N) is 2. The molecule has 3 heteroatoms. The van der Waals surface area contributed by atoms with Gasteiger partial charge in [-0.2, -0.15) is 0 Å². The van der Waals surface area contributed by atoms with Crippen molar-refractivity contribution < 1.29 is 4.79 Å². The van der Waals surface area contributed by atoms with E-state index in [1.165, 1.54) is 5.56 Å². The van der Waals surface area contributed by atoms with Gasteiger partial charge >= 0.3 is 0 Å². The summed E-state index contributed by atoms with van der Waals surface area (Å²) in [7, 11) is 0. The number of amides is 1. The molecular weight excluding hydrogens is 200 g/mol. The molecule has 1 heterocycles. The van der Waals surface area contributed by atoms with Crippen LogP contribution in [-0.4, -0.2) is 18.5 Å². The largest absolute Gasteiger partial charge is 0.355 e. The zero-order chi connectivity index (χ0) is 11.2. The Bertz CT molecular complexity index is 337. The van der Waals surface area contributed by atoms with Crippen molar-refractivity contribution in [3.05, 3.63) is 35.9 Å². The summed E-state index contributed by atoms with van der Waals surface area (Å²) in [6, 6.07) is 10.2. The molecule has 1 aliphatic heterocycles. The molecule has 1 aromatic carbocycles. The number of carbonyl (C=O) groups excluding carboxylic acids is 1. The summed E-state index contributed by atoms with van der Waals surface area (Å²) < 4.78 is 0. The minimum Gasteiger partial charge on any atom is -0.355 e. The fourth-order valence-electron chi connectivity index (χ4n) is 1.97. The average Bonchev–Trinajstić information content (AvgIpc) is 2.53. The summed E-state index contributed by atoms with van der Waals surface area (Å²) in [4.78, 5) is 11.7. The number of benzene rings is 1. The molecule has 16 heavy (non-hydrogen) atoms. The SMILES string of the molecule is O=C1NCCCC[C@H]1NCc1ccccc1. The van der Waals surface area contributed by atoms with Crippen molar-refractivity contribution >= 4 is 5.91 Å². The lowest BCUT2D eigenvalue weighted by atomic mass is 10.1. The monoisotopic (exact) mass is 218 g/mol. The first-order chi connectivity index (χ1) is 7.86. The molecule has 0 unspecified atom stereocenters. The van der Waals surface area contributed by atoms with Crippen LogP contribution in [-0.2, 0) is 11.3 Å². The molecule has 0 saturated carbocycles. The van der Waals surface area contributed by atoms with E-state index in [1.807, 2.05) is 18.2 Å². The smallest absolute Gasteiger partial charge is 0.237 e. The first kappa shape index (κ1) is 11.1. The highest BCUT2D eigenvalue weighted by Crippen LogP contribution is 2.06. The van der Waals surface area contributed by atoms with Crippen LogP contribution in [0, 0.1) is 0 Å². The van der Waals surface area contributed by atoms with E-state index >= 15 is 0 Å². The lowest BCUT2D eigenvalue weighted by Gasteiger charge is -2.14. The van der Waals surface area contributed by atoms with Crippen molar-refractivity contribution in [3.63, 3.8) is 0 Å². The molecule has 86 valence electrons. The summed E-state index contributed by atoms with van der Waals surface area (Å²) in [6.07, 6.45) is 3.15. The van der Waals surface area contributed by atoms with E-state index in [4.69, 9.17) is 0 Å². The van der Waals surface area contributed by atoms with Gasteiger partial charge in [0.15, 0.2) is 0 Å². The van der Waals surface area contributed by atoms with E-state index in [-0.39, 0.29) is 11.9 Å². The average molecular weight is 218 g/mol. The van der Waals surface area contributed by atoms with Crippen molar-refractivity contribution in [2.75, 3.05) is 6.54 Å². The maximum Gasteiger partial charge on any atom is 0.237 e. The number of rotatable bonds is 3. The Labute approximate surface area is 96.2 Å². The third kappa shape index (κ3) is 3.07. The van der Waals surface area contributed by atoms with Crippen LogP contribution in [0.4, 0.5) is 0 Å². The maximum atomic E-state index is 11.7. The number of carbonyl (C=O) groups is 1. The maximum absolute atomic E-state index is 11.7. The Kier molecular flexibility index (Phi) is 3.94. The Balaban J connectivity index is 1.86. The topological polar surface area (TPSA) is 41.1 Å². The molecule has 0 spiro atoms. The summed E-state index contributed by atoms with van der Waals surface area (Å²) in [5.41, 5.74) is 1.22. The Morgan fingerprint density at radius 2 is 2.06 bits per heavy atom. The van der Waals surface area contributed by atoms with E-state index in [9.17, 15) is 4.79 Å². The Morgan fingerprint density at radius 1 is 1.25 bits per heavy atom. The van der Waals surface area contributed by atoms with Crippen molar-refractivity contribution in [2.45, 2.75) is 31.8 Å². The highest BCUT2D eigenvalue weighted by Gasteiger charge is 2.19. The lowest BCUT2D eigenvalue weighted by molar-refractivity contribution is -0.122. The molecule has 3 nitrogen and oxygen atoms in total. The highest BCUT2D eigenvalue weighted by molar-refractivity contribution is 5.81. The van der Waals surface area contributed by atoms with Crippen LogP contribution in [0.25, 0.3) is 0 Å². The minimum atomic E-state index is -0.0253. The second kappa shape index (κ2) is 5.66. The van der Waals surface area contributed by atoms with Gasteiger partial charge in [-0.15, -0.1) is 0 Å². The summed E-state index contributed by atoms with van der Waals surface area (Å²) >= 11 is 0. The third-order valence-electron chi connectivity index (χ3n) is 2.93. The highest BCUT2D eigenvalue weighted by atomic mass is 16.2. The molecule has 1 aliphatic rings. The molecule has 0 radical (unpaired) electrons. The van der Waals surface area contributed by atoms with Gasteiger partial charge in [0.25, 0.3) is 0 Å². The molecule has 1 fully saturated rings. The van der Waals surface area contributed by atoms with Gasteiger partial charge in [-0.1, -0.05) is 30.3 Å². The van der Waals surface area contributed by atoms with Gasteiger partial charge in [-0.25, -0.2) is 0 Å². The molecule has 1 atom stereocenters. The van der Waals surface area contributed by atoms with Gasteiger partial charge in [0, 0.05) is 13.1 Å². The van der Waals surface area contributed by atoms with E-state index in [2.05, 4.69) is 22.8 Å². The molecule has 1 amide bonds. The Morgan fingerprint density at radius 3 is 2.88 bits per heavy atom. The second-order valence-electron chi connectivity index (χ2n) is 4.21. The van der Waals surface area contributed by atoms with Crippen LogP contribution in [0.1, 0.15) is 24.8 Å². The van der Waals surface area contributed by atoms with Crippen molar-refractivity contribution in [1.82, 2.24) is 10.6 Å². The van der Waals surface area contributed by atoms with Crippen LogP contribution >= 0.6 is 0 Å². The molecule has 2 N–H and O–H groups in total. The van der Waals surface area contributed by atoms with Crippen molar-refractivity contribution in [2.24, 2.45) is 0 Å². The van der Waals surface area contributed by atoms with E-state index in [1.54, 1.807) is 0 Å². The molecule has 2 rings (SSSR count). The first-order valence-electron chi connectivity index (χ1n) is 5.91. The fraction of sp³-hybridized carbons (Fsp3) is 0.462. The quantitative estimate of drug-likeness (QED) is 0.806. The van der Waals surface area contributed by atoms with E-state index in [0.717, 1.165) is 32.4 Å². The van der Waals surface area contributed by atoms with Crippen LogP contribution in [0.5, 0.6) is 0 Å². The predicted molar refractivity (Wildman–Crippen MR) is 63.9 cm³/mol. The van der Waals surface area contributed by atoms with Crippen molar-refractivity contribution in [3.8, 4) is 0 Å². The van der Waals surface area contributed by atoms with Crippen molar-refractivity contribution in [1.29, 1.82) is 0 Å². The molecular formula is C13H18N2O. The van der Waals surface area contributed by atoms with Gasteiger partial charge in [0.2, 0.25) is 5.91 Å². The zero-order valence-electron chi connectivity index (χ0n) is 9.41. The molecule has 0 aromatic heterocycles. The molecule has 0 aliphatic carbocycles.